The number of sulfone groups is 1. The van der Waals surface area contributed by atoms with Crippen molar-refractivity contribution in [3.8, 4) is 0 Å². The zero-order chi connectivity index (χ0) is 16.4. The van der Waals surface area contributed by atoms with Crippen LogP contribution in [0.25, 0.3) is 0 Å². The van der Waals surface area contributed by atoms with Gasteiger partial charge in [0.1, 0.15) is 0 Å². The lowest BCUT2D eigenvalue weighted by Crippen LogP contribution is -2.38. The summed E-state index contributed by atoms with van der Waals surface area (Å²) in [5, 5.41) is 6.35. The molecule has 0 aliphatic carbocycles. The van der Waals surface area contributed by atoms with Crippen LogP contribution in [0.15, 0.2) is 35.7 Å². The van der Waals surface area contributed by atoms with Gasteiger partial charge in [-0.25, -0.2) is 13.2 Å². The number of anilines is 2. The Hall–Kier alpha value is -2.35. The van der Waals surface area contributed by atoms with E-state index in [4.69, 9.17) is 0 Å². The molecule has 0 spiro atoms. The van der Waals surface area contributed by atoms with Crippen molar-refractivity contribution >= 4 is 33.2 Å². The van der Waals surface area contributed by atoms with Crippen molar-refractivity contribution in [1.82, 2.24) is 5.32 Å². The van der Waals surface area contributed by atoms with Gasteiger partial charge in [0, 0.05) is 29.7 Å². The summed E-state index contributed by atoms with van der Waals surface area (Å²) in [6, 6.07) is 6.01. The Morgan fingerprint density at radius 2 is 2.13 bits per heavy atom. The van der Waals surface area contributed by atoms with E-state index < -0.39 is 21.9 Å². The molecule has 0 bridgehead atoms. The van der Waals surface area contributed by atoms with Crippen LogP contribution in [-0.2, 0) is 14.6 Å². The topological polar surface area (TPSA) is 95.6 Å². The summed E-state index contributed by atoms with van der Waals surface area (Å²) >= 11 is 0. The van der Waals surface area contributed by atoms with Gasteiger partial charge in [0.05, 0.1) is 11.8 Å². The highest BCUT2D eigenvalue weighted by atomic mass is 32.2. The molecule has 1 fully saturated rings. The molecular weight excluding hydrogens is 318 g/mol. The van der Waals surface area contributed by atoms with Gasteiger partial charge >= 0.3 is 6.03 Å². The van der Waals surface area contributed by atoms with E-state index in [1.807, 2.05) is 6.07 Å². The minimum absolute atomic E-state index is 0.0768. The molecule has 8 heteroatoms. The predicted molar refractivity (Wildman–Crippen MR) is 86.9 cm³/mol. The van der Waals surface area contributed by atoms with Crippen LogP contribution < -0.4 is 15.5 Å². The monoisotopic (exact) mass is 335 g/mol. The van der Waals surface area contributed by atoms with Crippen LogP contribution in [0.3, 0.4) is 0 Å². The molecule has 1 unspecified atom stereocenters. The van der Waals surface area contributed by atoms with Crippen molar-refractivity contribution in [2.45, 2.75) is 18.9 Å². The molecule has 0 saturated carbocycles. The van der Waals surface area contributed by atoms with Gasteiger partial charge in [-0.2, -0.15) is 0 Å². The quantitative estimate of drug-likeness (QED) is 0.869. The molecule has 0 radical (unpaired) electrons. The molecule has 1 aromatic rings. The molecule has 7 nitrogen and oxygen atoms in total. The second-order valence-electron chi connectivity index (χ2n) is 5.56. The fraction of sp³-hybridized carbons (Fsp3) is 0.333. The largest absolute Gasteiger partial charge is 0.331 e. The highest BCUT2D eigenvalue weighted by Crippen LogP contribution is 2.24. The SMILES string of the molecule is O=C(Nc1cccc(N2CCCC2=O)c1)NC1C=CS(=O)(=O)C1. The van der Waals surface area contributed by atoms with Crippen LogP contribution in [0.4, 0.5) is 16.2 Å². The van der Waals surface area contributed by atoms with E-state index in [1.54, 1.807) is 23.1 Å². The smallest absolute Gasteiger partial charge is 0.319 e. The molecule has 2 N–H and O–H groups in total. The van der Waals surface area contributed by atoms with Gasteiger partial charge in [-0.15, -0.1) is 0 Å². The summed E-state index contributed by atoms with van der Waals surface area (Å²) in [6.07, 6.45) is 2.83. The van der Waals surface area contributed by atoms with Crippen molar-refractivity contribution in [1.29, 1.82) is 0 Å². The number of hydrogen-bond acceptors (Lipinski definition) is 4. The van der Waals surface area contributed by atoms with Gasteiger partial charge in [-0.1, -0.05) is 6.07 Å². The lowest BCUT2D eigenvalue weighted by molar-refractivity contribution is -0.117. The first-order chi connectivity index (χ1) is 10.9. The number of rotatable bonds is 3. The zero-order valence-electron chi connectivity index (χ0n) is 12.4. The lowest BCUT2D eigenvalue weighted by Gasteiger charge is -2.17. The first kappa shape index (κ1) is 15.5. The number of hydrogen-bond donors (Lipinski definition) is 2. The Balaban J connectivity index is 1.63. The highest BCUT2D eigenvalue weighted by Gasteiger charge is 2.24. The molecule has 2 heterocycles. The van der Waals surface area contributed by atoms with Gasteiger partial charge in [0.25, 0.3) is 0 Å². The fourth-order valence-electron chi connectivity index (χ4n) is 2.67. The summed E-state index contributed by atoms with van der Waals surface area (Å²) in [4.78, 5) is 25.4. The molecule has 1 saturated heterocycles. The summed E-state index contributed by atoms with van der Waals surface area (Å²) in [5.41, 5.74) is 1.29. The fourth-order valence-corrected chi connectivity index (χ4v) is 3.91. The highest BCUT2D eigenvalue weighted by molar-refractivity contribution is 7.94. The summed E-state index contributed by atoms with van der Waals surface area (Å²) in [6.45, 7) is 0.680. The molecule has 2 aliphatic heterocycles. The number of nitrogens with zero attached hydrogens (tertiary/aromatic N) is 1. The third kappa shape index (κ3) is 3.70. The van der Waals surface area contributed by atoms with E-state index in [2.05, 4.69) is 10.6 Å². The van der Waals surface area contributed by atoms with E-state index in [0.29, 0.717) is 18.7 Å². The summed E-state index contributed by atoms with van der Waals surface area (Å²) in [5.74, 6) is -0.0455. The predicted octanol–water partition coefficient (Wildman–Crippen LogP) is 1.25. The number of carbonyl (C=O) groups is 2. The zero-order valence-corrected chi connectivity index (χ0v) is 13.2. The van der Waals surface area contributed by atoms with Gasteiger partial charge < -0.3 is 15.5 Å². The van der Waals surface area contributed by atoms with E-state index in [-0.39, 0.29) is 11.7 Å². The Kier molecular flexibility index (Phi) is 4.08. The molecule has 3 rings (SSSR count). The van der Waals surface area contributed by atoms with Crippen molar-refractivity contribution < 1.29 is 18.0 Å². The van der Waals surface area contributed by atoms with Crippen LogP contribution in [0.2, 0.25) is 0 Å². The number of urea groups is 1. The minimum Gasteiger partial charge on any atom is -0.331 e. The Morgan fingerprint density at radius 1 is 1.30 bits per heavy atom. The van der Waals surface area contributed by atoms with E-state index in [9.17, 15) is 18.0 Å². The third-order valence-electron chi connectivity index (χ3n) is 3.74. The van der Waals surface area contributed by atoms with Crippen molar-refractivity contribution in [3.63, 3.8) is 0 Å². The van der Waals surface area contributed by atoms with E-state index >= 15 is 0 Å². The second kappa shape index (κ2) is 6.04. The third-order valence-corrected chi connectivity index (χ3v) is 5.13. The average Bonchev–Trinajstić information content (AvgIpc) is 3.04. The van der Waals surface area contributed by atoms with Crippen LogP contribution in [0.5, 0.6) is 0 Å². The first-order valence-electron chi connectivity index (χ1n) is 7.32. The lowest BCUT2D eigenvalue weighted by atomic mass is 10.2. The molecular formula is C15H17N3O4S. The number of nitrogens with one attached hydrogen (secondary N) is 2. The van der Waals surface area contributed by atoms with Crippen molar-refractivity contribution in [2.75, 3.05) is 22.5 Å². The maximum absolute atomic E-state index is 11.9. The van der Waals surface area contributed by atoms with Crippen LogP contribution >= 0.6 is 0 Å². The van der Waals surface area contributed by atoms with Crippen molar-refractivity contribution in [2.24, 2.45) is 0 Å². The summed E-state index contributed by atoms with van der Waals surface area (Å²) < 4.78 is 22.6. The Morgan fingerprint density at radius 3 is 2.78 bits per heavy atom. The van der Waals surface area contributed by atoms with Gasteiger partial charge in [0.2, 0.25) is 5.91 Å². The van der Waals surface area contributed by atoms with Crippen LogP contribution in [0.1, 0.15) is 12.8 Å². The number of carbonyl (C=O) groups excluding carboxylic acids is 2. The van der Waals surface area contributed by atoms with Gasteiger partial charge in [-0.05, 0) is 30.7 Å². The maximum atomic E-state index is 11.9. The van der Waals surface area contributed by atoms with Crippen LogP contribution in [0, 0.1) is 0 Å². The molecule has 122 valence electrons. The Labute approximate surface area is 134 Å². The summed E-state index contributed by atoms with van der Waals surface area (Å²) in [7, 11) is -3.21. The van der Waals surface area contributed by atoms with E-state index in [0.717, 1.165) is 17.5 Å². The van der Waals surface area contributed by atoms with E-state index in [1.165, 1.54) is 6.08 Å². The standard InChI is InChI=1S/C15H17N3O4S/c19-14-5-2-7-18(14)13-4-1-3-11(9-13)16-15(20)17-12-6-8-23(21,22)10-12/h1,3-4,6,8-9,12H,2,5,7,10H2,(H2,16,17,20). The van der Waals surface area contributed by atoms with Gasteiger partial charge in [0.15, 0.2) is 9.84 Å². The molecule has 2 aliphatic rings. The number of amides is 3. The maximum Gasteiger partial charge on any atom is 0.319 e. The first-order valence-corrected chi connectivity index (χ1v) is 9.03. The average molecular weight is 335 g/mol. The Bertz CT molecular complexity index is 773. The normalized spacial score (nSPS) is 22.3. The molecule has 1 atom stereocenters. The second-order valence-corrected chi connectivity index (χ2v) is 7.49. The minimum atomic E-state index is -3.21. The molecule has 23 heavy (non-hydrogen) atoms. The molecule has 3 amide bonds. The van der Waals surface area contributed by atoms with Gasteiger partial charge in [-0.3, -0.25) is 4.79 Å². The van der Waals surface area contributed by atoms with Crippen molar-refractivity contribution in [3.05, 3.63) is 35.7 Å². The molecule has 1 aromatic carbocycles. The molecule has 0 aromatic heterocycles. The number of benzene rings is 1. The van der Waals surface area contributed by atoms with Crippen LogP contribution in [-0.4, -0.2) is 38.7 Å².